The van der Waals surface area contributed by atoms with Crippen molar-refractivity contribution >= 4 is 17.4 Å². The van der Waals surface area contributed by atoms with Crippen molar-refractivity contribution in [2.75, 3.05) is 14.2 Å². The second-order valence-electron chi connectivity index (χ2n) is 3.99. The molecule has 0 saturated carbocycles. The SMILES string of the molecule is COc1ccc(C(=O)c2c(F)cccc2Cl)c(OC)c1. The molecule has 20 heavy (non-hydrogen) atoms. The van der Waals surface area contributed by atoms with E-state index in [1.165, 1.54) is 38.5 Å². The molecule has 0 aromatic heterocycles. The van der Waals surface area contributed by atoms with E-state index in [0.29, 0.717) is 11.5 Å². The van der Waals surface area contributed by atoms with Crippen LogP contribution in [0.2, 0.25) is 5.02 Å². The molecule has 2 aromatic carbocycles. The fraction of sp³-hybridized carbons (Fsp3) is 0.133. The van der Waals surface area contributed by atoms with Gasteiger partial charge < -0.3 is 9.47 Å². The van der Waals surface area contributed by atoms with Gasteiger partial charge in [-0.3, -0.25) is 4.79 Å². The maximum absolute atomic E-state index is 13.8. The number of ketones is 1. The number of benzene rings is 2. The number of carbonyl (C=O) groups excluding carboxylic acids is 1. The van der Waals surface area contributed by atoms with Gasteiger partial charge in [0.25, 0.3) is 0 Å². The second kappa shape index (κ2) is 5.92. The third-order valence-corrected chi connectivity index (χ3v) is 3.16. The van der Waals surface area contributed by atoms with E-state index in [1.807, 2.05) is 0 Å². The molecule has 0 heterocycles. The van der Waals surface area contributed by atoms with Crippen molar-refractivity contribution in [3.05, 3.63) is 58.4 Å². The molecule has 0 unspecified atom stereocenters. The van der Waals surface area contributed by atoms with E-state index >= 15 is 0 Å². The summed E-state index contributed by atoms with van der Waals surface area (Å²) in [4.78, 5) is 12.4. The van der Waals surface area contributed by atoms with Crippen LogP contribution in [0.3, 0.4) is 0 Å². The Labute approximate surface area is 120 Å². The summed E-state index contributed by atoms with van der Waals surface area (Å²) in [5.74, 6) is -0.361. The molecule has 0 aliphatic rings. The van der Waals surface area contributed by atoms with Crippen molar-refractivity contribution in [3.8, 4) is 11.5 Å². The number of ether oxygens (including phenoxy) is 2. The molecule has 3 nitrogen and oxygen atoms in total. The van der Waals surface area contributed by atoms with Crippen LogP contribution in [0.1, 0.15) is 15.9 Å². The van der Waals surface area contributed by atoms with Gasteiger partial charge in [0.1, 0.15) is 17.3 Å². The monoisotopic (exact) mass is 294 g/mol. The van der Waals surface area contributed by atoms with E-state index in [9.17, 15) is 9.18 Å². The van der Waals surface area contributed by atoms with Crippen LogP contribution in [0.4, 0.5) is 4.39 Å². The molecule has 0 atom stereocenters. The summed E-state index contributed by atoms with van der Waals surface area (Å²) in [6, 6.07) is 8.78. The number of rotatable bonds is 4. The number of hydrogen-bond donors (Lipinski definition) is 0. The zero-order valence-corrected chi connectivity index (χ0v) is 11.7. The van der Waals surface area contributed by atoms with Gasteiger partial charge in [0.05, 0.1) is 30.4 Å². The summed E-state index contributed by atoms with van der Waals surface area (Å²) in [6.45, 7) is 0. The molecule has 104 valence electrons. The van der Waals surface area contributed by atoms with E-state index < -0.39 is 11.6 Å². The first kappa shape index (κ1) is 14.3. The Kier molecular flexibility index (Phi) is 4.25. The van der Waals surface area contributed by atoms with Crippen LogP contribution in [0, 0.1) is 5.82 Å². The maximum atomic E-state index is 13.8. The quantitative estimate of drug-likeness (QED) is 0.806. The molecule has 0 fully saturated rings. The predicted molar refractivity (Wildman–Crippen MR) is 74.4 cm³/mol. The number of hydrogen-bond acceptors (Lipinski definition) is 3. The van der Waals surface area contributed by atoms with E-state index in [4.69, 9.17) is 21.1 Å². The molecule has 0 N–H and O–H groups in total. The van der Waals surface area contributed by atoms with Gasteiger partial charge in [0, 0.05) is 6.07 Å². The lowest BCUT2D eigenvalue weighted by atomic mass is 10.0. The standard InChI is InChI=1S/C15H12ClFO3/c1-19-9-6-7-10(13(8-9)20-2)15(18)14-11(16)4-3-5-12(14)17/h3-8H,1-2H3. The summed E-state index contributed by atoms with van der Waals surface area (Å²) >= 11 is 5.90. The van der Waals surface area contributed by atoms with Crippen molar-refractivity contribution in [3.63, 3.8) is 0 Å². The molecule has 5 heteroatoms. The predicted octanol–water partition coefficient (Wildman–Crippen LogP) is 3.73. The molecule has 0 saturated heterocycles. The Morgan fingerprint density at radius 3 is 2.50 bits per heavy atom. The summed E-state index contributed by atoms with van der Waals surface area (Å²) < 4.78 is 24.0. The highest BCUT2D eigenvalue weighted by molar-refractivity contribution is 6.35. The van der Waals surface area contributed by atoms with Crippen LogP contribution in [-0.2, 0) is 0 Å². The van der Waals surface area contributed by atoms with Crippen LogP contribution >= 0.6 is 11.6 Å². The molecular formula is C15H12ClFO3. The molecule has 0 bridgehead atoms. The van der Waals surface area contributed by atoms with Gasteiger partial charge in [0.2, 0.25) is 5.78 Å². The zero-order valence-electron chi connectivity index (χ0n) is 10.9. The van der Waals surface area contributed by atoms with Crippen molar-refractivity contribution in [1.82, 2.24) is 0 Å². The van der Waals surface area contributed by atoms with Crippen LogP contribution < -0.4 is 9.47 Å². The minimum Gasteiger partial charge on any atom is -0.497 e. The molecule has 0 aliphatic heterocycles. The normalized spacial score (nSPS) is 10.2. The lowest BCUT2D eigenvalue weighted by Crippen LogP contribution is -2.07. The smallest absolute Gasteiger partial charge is 0.201 e. The third-order valence-electron chi connectivity index (χ3n) is 2.84. The van der Waals surface area contributed by atoms with Crippen molar-refractivity contribution in [2.24, 2.45) is 0 Å². The number of halogens is 2. The maximum Gasteiger partial charge on any atom is 0.201 e. The molecular weight excluding hydrogens is 283 g/mol. The van der Waals surface area contributed by atoms with Gasteiger partial charge >= 0.3 is 0 Å². The van der Waals surface area contributed by atoms with Crippen molar-refractivity contribution in [2.45, 2.75) is 0 Å². The number of methoxy groups -OCH3 is 2. The molecule has 0 radical (unpaired) electrons. The van der Waals surface area contributed by atoms with Crippen LogP contribution in [-0.4, -0.2) is 20.0 Å². The minimum absolute atomic E-state index is 0.0628. The third kappa shape index (κ3) is 2.60. The lowest BCUT2D eigenvalue weighted by Gasteiger charge is -2.11. The molecule has 0 amide bonds. The van der Waals surface area contributed by atoms with Crippen LogP contribution in [0.25, 0.3) is 0 Å². The van der Waals surface area contributed by atoms with Gasteiger partial charge in [-0.15, -0.1) is 0 Å². The van der Waals surface area contributed by atoms with Gasteiger partial charge in [-0.2, -0.15) is 0 Å². The van der Waals surface area contributed by atoms with E-state index in [-0.39, 0.29) is 16.1 Å². The Morgan fingerprint density at radius 2 is 1.90 bits per heavy atom. The zero-order chi connectivity index (χ0) is 14.7. The van der Waals surface area contributed by atoms with E-state index in [2.05, 4.69) is 0 Å². The number of carbonyl (C=O) groups is 1. The fourth-order valence-corrected chi connectivity index (χ4v) is 2.08. The Balaban J connectivity index is 2.54. The molecule has 0 spiro atoms. The average Bonchev–Trinajstić information content (AvgIpc) is 2.46. The molecule has 2 aromatic rings. The van der Waals surface area contributed by atoms with Crippen molar-refractivity contribution < 1.29 is 18.7 Å². The highest BCUT2D eigenvalue weighted by atomic mass is 35.5. The summed E-state index contributed by atoms with van der Waals surface area (Å²) in [7, 11) is 2.93. The Morgan fingerprint density at radius 1 is 1.15 bits per heavy atom. The highest BCUT2D eigenvalue weighted by Gasteiger charge is 2.21. The summed E-state index contributed by atoms with van der Waals surface area (Å²) in [6.07, 6.45) is 0. The van der Waals surface area contributed by atoms with Gasteiger partial charge in [-0.05, 0) is 24.3 Å². The first-order valence-corrected chi connectivity index (χ1v) is 6.17. The Hall–Kier alpha value is -2.07. The molecule has 2 rings (SSSR count). The van der Waals surface area contributed by atoms with Crippen LogP contribution in [0.5, 0.6) is 11.5 Å². The van der Waals surface area contributed by atoms with Gasteiger partial charge in [-0.1, -0.05) is 17.7 Å². The summed E-state index contributed by atoms with van der Waals surface area (Å²) in [5, 5.41) is 0.0628. The second-order valence-corrected chi connectivity index (χ2v) is 4.40. The Bertz CT molecular complexity index is 635. The van der Waals surface area contributed by atoms with Crippen molar-refractivity contribution in [1.29, 1.82) is 0 Å². The highest BCUT2D eigenvalue weighted by Crippen LogP contribution is 2.29. The van der Waals surface area contributed by atoms with Crippen LogP contribution in [0.15, 0.2) is 36.4 Å². The fourth-order valence-electron chi connectivity index (χ4n) is 1.84. The van der Waals surface area contributed by atoms with Gasteiger partial charge in [-0.25, -0.2) is 4.39 Å². The largest absolute Gasteiger partial charge is 0.497 e. The topological polar surface area (TPSA) is 35.5 Å². The minimum atomic E-state index is -0.666. The summed E-state index contributed by atoms with van der Waals surface area (Å²) in [5.41, 5.74) is 0.0536. The molecule has 0 aliphatic carbocycles. The van der Waals surface area contributed by atoms with E-state index in [0.717, 1.165) is 0 Å². The first-order chi connectivity index (χ1) is 9.58. The van der Waals surface area contributed by atoms with Gasteiger partial charge in [0.15, 0.2) is 0 Å². The first-order valence-electron chi connectivity index (χ1n) is 5.79. The lowest BCUT2D eigenvalue weighted by molar-refractivity contribution is 0.103. The van der Waals surface area contributed by atoms with E-state index in [1.54, 1.807) is 12.1 Å². The average molecular weight is 295 g/mol.